The first-order chi connectivity index (χ1) is 6.62. The summed E-state index contributed by atoms with van der Waals surface area (Å²) in [6, 6.07) is 0.451. The average molecular weight is 197 g/mol. The van der Waals surface area contributed by atoms with Gasteiger partial charge in [-0.05, 0) is 37.0 Å². The monoisotopic (exact) mass is 197 g/mol. The van der Waals surface area contributed by atoms with Gasteiger partial charge in [-0.1, -0.05) is 40.0 Å². The smallest absolute Gasteiger partial charge is 0.00362 e. The first-order valence-corrected chi connectivity index (χ1v) is 6.38. The van der Waals surface area contributed by atoms with Gasteiger partial charge in [0.15, 0.2) is 0 Å². The van der Waals surface area contributed by atoms with Crippen molar-refractivity contribution in [1.29, 1.82) is 0 Å². The van der Waals surface area contributed by atoms with Gasteiger partial charge in [-0.15, -0.1) is 0 Å². The van der Waals surface area contributed by atoms with E-state index in [9.17, 15) is 0 Å². The van der Waals surface area contributed by atoms with Crippen molar-refractivity contribution in [3.05, 3.63) is 0 Å². The van der Waals surface area contributed by atoms with E-state index >= 15 is 0 Å². The molecule has 1 aliphatic carbocycles. The molecular weight excluding hydrogens is 170 g/mol. The van der Waals surface area contributed by atoms with Crippen molar-refractivity contribution < 1.29 is 0 Å². The van der Waals surface area contributed by atoms with E-state index in [0.29, 0.717) is 11.5 Å². The average Bonchev–Trinajstić information content (AvgIpc) is 2.85. The Labute approximate surface area is 89.5 Å². The largest absolute Gasteiger partial charge is 0.328 e. The molecule has 0 saturated heterocycles. The topological polar surface area (TPSA) is 26.0 Å². The molecule has 0 aliphatic heterocycles. The van der Waals surface area contributed by atoms with Crippen LogP contribution < -0.4 is 5.73 Å². The standard InChI is InChI=1S/C13H27N/c1-4-12(14)9-7-6-8-11-10-13(11,3)5-2/h11-12H,4-10,14H2,1-3H3. The molecule has 0 bridgehead atoms. The highest BCUT2D eigenvalue weighted by atomic mass is 14.6. The zero-order valence-corrected chi connectivity index (χ0v) is 10.2. The second kappa shape index (κ2) is 5.16. The van der Waals surface area contributed by atoms with Crippen LogP contribution in [0.25, 0.3) is 0 Å². The van der Waals surface area contributed by atoms with E-state index in [4.69, 9.17) is 5.73 Å². The Morgan fingerprint density at radius 2 is 2.07 bits per heavy atom. The van der Waals surface area contributed by atoms with Gasteiger partial charge in [0.05, 0.1) is 0 Å². The Kier molecular flexibility index (Phi) is 4.43. The maximum Gasteiger partial charge on any atom is 0.00362 e. The van der Waals surface area contributed by atoms with E-state index < -0.39 is 0 Å². The minimum atomic E-state index is 0.451. The van der Waals surface area contributed by atoms with Crippen LogP contribution in [0, 0.1) is 11.3 Å². The summed E-state index contributed by atoms with van der Waals surface area (Å²) < 4.78 is 0. The SMILES string of the molecule is CCC(N)CCCCC1CC1(C)CC. The Balaban J connectivity index is 1.96. The van der Waals surface area contributed by atoms with Crippen molar-refractivity contribution in [3.63, 3.8) is 0 Å². The third-order valence-electron chi connectivity index (χ3n) is 4.25. The zero-order valence-electron chi connectivity index (χ0n) is 10.2. The minimum absolute atomic E-state index is 0.451. The quantitative estimate of drug-likeness (QED) is 0.618. The molecule has 3 unspecified atom stereocenters. The lowest BCUT2D eigenvalue weighted by Crippen LogP contribution is -2.17. The maximum atomic E-state index is 5.88. The first kappa shape index (κ1) is 12.0. The van der Waals surface area contributed by atoms with Crippen molar-refractivity contribution in [3.8, 4) is 0 Å². The molecule has 0 aromatic carbocycles. The van der Waals surface area contributed by atoms with Crippen LogP contribution in [-0.2, 0) is 0 Å². The minimum Gasteiger partial charge on any atom is -0.328 e. The van der Waals surface area contributed by atoms with Crippen molar-refractivity contribution >= 4 is 0 Å². The fourth-order valence-corrected chi connectivity index (χ4v) is 2.39. The van der Waals surface area contributed by atoms with Crippen LogP contribution in [0.4, 0.5) is 0 Å². The molecule has 0 aromatic heterocycles. The molecule has 1 aliphatic rings. The van der Waals surface area contributed by atoms with Crippen LogP contribution in [0.15, 0.2) is 0 Å². The molecule has 84 valence electrons. The fraction of sp³-hybridized carbons (Fsp3) is 1.00. The molecule has 0 aromatic rings. The Bertz CT molecular complexity index is 167. The zero-order chi connectivity index (χ0) is 10.6. The lowest BCUT2D eigenvalue weighted by atomic mass is 9.99. The van der Waals surface area contributed by atoms with Gasteiger partial charge < -0.3 is 5.73 Å². The van der Waals surface area contributed by atoms with Gasteiger partial charge in [0.2, 0.25) is 0 Å². The summed E-state index contributed by atoms with van der Waals surface area (Å²) >= 11 is 0. The van der Waals surface area contributed by atoms with Crippen molar-refractivity contribution in [2.75, 3.05) is 0 Å². The number of unbranched alkanes of at least 4 members (excludes halogenated alkanes) is 1. The predicted molar refractivity (Wildman–Crippen MR) is 63.2 cm³/mol. The van der Waals surface area contributed by atoms with Crippen LogP contribution in [-0.4, -0.2) is 6.04 Å². The van der Waals surface area contributed by atoms with E-state index in [-0.39, 0.29) is 0 Å². The molecule has 0 spiro atoms. The van der Waals surface area contributed by atoms with Crippen LogP contribution >= 0.6 is 0 Å². The molecule has 1 rings (SSSR count). The van der Waals surface area contributed by atoms with Gasteiger partial charge in [-0.2, -0.15) is 0 Å². The molecule has 2 N–H and O–H groups in total. The molecule has 1 nitrogen and oxygen atoms in total. The fourth-order valence-electron chi connectivity index (χ4n) is 2.39. The number of nitrogens with two attached hydrogens (primary N) is 1. The molecule has 1 heteroatoms. The Morgan fingerprint density at radius 1 is 1.36 bits per heavy atom. The van der Waals surface area contributed by atoms with Crippen LogP contribution in [0.3, 0.4) is 0 Å². The van der Waals surface area contributed by atoms with Gasteiger partial charge >= 0.3 is 0 Å². The molecule has 0 amide bonds. The molecule has 1 saturated carbocycles. The van der Waals surface area contributed by atoms with Gasteiger partial charge in [-0.25, -0.2) is 0 Å². The Hall–Kier alpha value is -0.0400. The lowest BCUT2D eigenvalue weighted by Gasteiger charge is -2.09. The van der Waals surface area contributed by atoms with Gasteiger partial charge in [0.25, 0.3) is 0 Å². The van der Waals surface area contributed by atoms with E-state index in [2.05, 4.69) is 20.8 Å². The Morgan fingerprint density at radius 3 is 2.57 bits per heavy atom. The van der Waals surface area contributed by atoms with Crippen molar-refractivity contribution in [2.24, 2.45) is 17.1 Å². The summed E-state index contributed by atoms with van der Waals surface area (Å²) in [6.07, 6.45) is 9.39. The van der Waals surface area contributed by atoms with Gasteiger partial charge in [-0.3, -0.25) is 0 Å². The number of hydrogen-bond acceptors (Lipinski definition) is 1. The third kappa shape index (κ3) is 3.27. The van der Waals surface area contributed by atoms with E-state index in [0.717, 1.165) is 12.3 Å². The summed E-state index contributed by atoms with van der Waals surface area (Å²) in [4.78, 5) is 0. The van der Waals surface area contributed by atoms with Crippen LogP contribution in [0.2, 0.25) is 0 Å². The molecular formula is C13H27N. The lowest BCUT2D eigenvalue weighted by molar-refractivity contribution is 0.446. The number of hydrogen-bond donors (Lipinski definition) is 1. The molecule has 0 heterocycles. The summed E-state index contributed by atoms with van der Waals surface area (Å²) in [6.45, 7) is 6.95. The molecule has 14 heavy (non-hydrogen) atoms. The number of rotatable bonds is 7. The van der Waals surface area contributed by atoms with E-state index in [1.54, 1.807) is 0 Å². The predicted octanol–water partition coefficient (Wildman–Crippen LogP) is 3.72. The van der Waals surface area contributed by atoms with Crippen molar-refractivity contribution in [2.45, 2.75) is 71.8 Å². The van der Waals surface area contributed by atoms with Crippen LogP contribution in [0.1, 0.15) is 65.7 Å². The van der Waals surface area contributed by atoms with E-state index in [1.807, 2.05) is 0 Å². The highest BCUT2D eigenvalue weighted by Crippen LogP contribution is 2.57. The highest BCUT2D eigenvalue weighted by molar-refractivity contribution is 4.97. The van der Waals surface area contributed by atoms with Crippen molar-refractivity contribution in [1.82, 2.24) is 0 Å². The third-order valence-corrected chi connectivity index (χ3v) is 4.25. The second-order valence-electron chi connectivity index (χ2n) is 5.36. The summed E-state index contributed by atoms with van der Waals surface area (Å²) in [7, 11) is 0. The van der Waals surface area contributed by atoms with Gasteiger partial charge in [0, 0.05) is 6.04 Å². The normalized spacial score (nSPS) is 33.0. The maximum absolute atomic E-state index is 5.88. The molecule has 0 radical (unpaired) electrons. The second-order valence-corrected chi connectivity index (χ2v) is 5.36. The van der Waals surface area contributed by atoms with Gasteiger partial charge in [0.1, 0.15) is 0 Å². The summed E-state index contributed by atoms with van der Waals surface area (Å²) in [5, 5.41) is 0. The van der Waals surface area contributed by atoms with E-state index in [1.165, 1.54) is 38.5 Å². The molecule has 1 fully saturated rings. The van der Waals surface area contributed by atoms with Crippen LogP contribution in [0.5, 0.6) is 0 Å². The highest BCUT2D eigenvalue weighted by Gasteiger charge is 2.46. The first-order valence-electron chi connectivity index (χ1n) is 6.38. The molecule has 3 atom stereocenters. The summed E-state index contributed by atoms with van der Waals surface area (Å²) in [5.41, 5.74) is 6.60. The summed E-state index contributed by atoms with van der Waals surface area (Å²) in [5.74, 6) is 1.03.